The SMILES string of the molecule is Cn1c2ccncc2c2ccc(-c3ccc(O[C@H]4C[C@H](OCCCC(F)(F)CN5CC6(C5)CN(c5ccc7c(c5)C(=O)N(C5CCC(=O)NC5=O)C7=O)C6)C4)nc3)cc21. The maximum atomic E-state index is 15.0. The molecule has 1 spiro atoms. The number of rotatable bonds is 12. The van der Waals surface area contributed by atoms with Crippen LogP contribution in [0.1, 0.15) is 59.2 Å². The number of hydrogen-bond donors (Lipinski definition) is 1. The molecule has 4 fully saturated rings. The average molecular weight is 804 g/mol. The third-order valence-corrected chi connectivity index (χ3v) is 12.7. The number of hydrogen-bond acceptors (Lipinski definition) is 10. The molecule has 1 atom stereocenters. The molecule has 7 heterocycles. The van der Waals surface area contributed by atoms with Gasteiger partial charge >= 0.3 is 0 Å². The minimum Gasteiger partial charge on any atom is -0.474 e. The van der Waals surface area contributed by atoms with E-state index in [0.717, 1.165) is 43.5 Å². The van der Waals surface area contributed by atoms with Crippen molar-refractivity contribution in [3.05, 3.63) is 84.3 Å². The van der Waals surface area contributed by atoms with Crippen molar-refractivity contribution in [2.24, 2.45) is 12.5 Å². The number of aryl methyl sites for hydroxylation is 1. The van der Waals surface area contributed by atoms with Crippen molar-refractivity contribution in [3.8, 4) is 17.0 Å². The predicted octanol–water partition coefficient (Wildman–Crippen LogP) is 5.35. The number of aromatic nitrogens is 3. The van der Waals surface area contributed by atoms with Crippen molar-refractivity contribution in [2.75, 3.05) is 44.2 Å². The highest BCUT2D eigenvalue weighted by molar-refractivity contribution is 6.23. The summed E-state index contributed by atoms with van der Waals surface area (Å²) in [5.41, 5.74) is 5.47. The van der Waals surface area contributed by atoms with Crippen LogP contribution in [0.5, 0.6) is 5.88 Å². The topological polar surface area (TPSA) is 139 Å². The van der Waals surface area contributed by atoms with Gasteiger partial charge in [-0.1, -0.05) is 12.1 Å². The quantitative estimate of drug-likeness (QED) is 0.130. The first-order valence-electron chi connectivity index (χ1n) is 20.2. The Hall–Kier alpha value is -5.80. The van der Waals surface area contributed by atoms with Crippen molar-refractivity contribution < 1.29 is 37.4 Å². The number of carbonyl (C=O) groups is 4. The number of anilines is 1. The van der Waals surface area contributed by atoms with Crippen LogP contribution in [-0.2, 0) is 21.4 Å². The van der Waals surface area contributed by atoms with Crippen LogP contribution in [0.4, 0.5) is 14.5 Å². The molecule has 1 N–H and O–H groups in total. The number of imide groups is 2. The van der Waals surface area contributed by atoms with Gasteiger partial charge in [0.15, 0.2) is 0 Å². The fourth-order valence-electron chi connectivity index (χ4n) is 9.58. The molecule has 10 rings (SSSR count). The van der Waals surface area contributed by atoms with Gasteiger partial charge in [0, 0.05) is 123 Å². The van der Waals surface area contributed by atoms with Gasteiger partial charge < -0.3 is 18.9 Å². The van der Waals surface area contributed by atoms with Gasteiger partial charge in [0.05, 0.1) is 29.3 Å². The normalized spacial score (nSPS) is 22.7. The van der Waals surface area contributed by atoms with Crippen molar-refractivity contribution >= 4 is 51.1 Å². The van der Waals surface area contributed by atoms with E-state index in [9.17, 15) is 28.0 Å². The Balaban J connectivity index is 0.629. The fourth-order valence-corrected chi connectivity index (χ4v) is 9.58. The molecule has 13 nitrogen and oxygen atoms in total. The maximum Gasteiger partial charge on any atom is 0.262 e. The minimum atomic E-state index is -2.82. The van der Waals surface area contributed by atoms with E-state index in [2.05, 4.69) is 50.0 Å². The highest BCUT2D eigenvalue weighted by Gasteiger charge is 2.54. The van der Waals surface area contributed by atoms with Gasteiger partial charge in [-0.3, -0.25) is 39.3 Å². The van der Waals surface area contributed by atoms with E-state index in [1.54, 1.807) is 29.3 Å². The maximum absolute atomic E-state index is 15.0. The van der Waals surface area contributed by atoms with Gasteiger partial charge in [-0.05, 0) is 54.8 Å². The van der Waals surface area contributed by atoms with Crippen LogP contribution in [0.2, 0.25) is 0 Å². The molecule has 0 bridgehead atoms. The van der Waals surface area contributed by atoms with Crippen LogP contribution in [0, 0.1) is 5.41 Å². The van der Waals surface area contributed by atoms with E-state index in [-0.39, 0.29) is 67.6 Å². The monoisotopic (exact) mass is 803 g/mol. The Morgan fingerprint density at radius 3 is 2.44 bits per heavy atom. The molecule has 5 aliphatic rings. The minimum absolute atomic E-state index is 0.0130. The van der Waals surface area contributed by atoms with Crippen LogP contribution in [-0.4, -0.2) is 111 Å². The predicted molar refractivity (Wildman–Crippen MR) is 213 cm³/mol. The lowest BCUT2D eigenvalue weighted by molar-refractivity contribution is -0.136. The first-order valence-corrected chi connectivity index (χ1v) is 20.2. The molecule has 1 aliphatic carbocycles. The molecule has 4 amide bonds. The second kappa shape index (κ2) is 14.2. The molecule has 15 heteroatoms. The third-order valence-electron chi connectivity index (χ3n) is 12.7. The Morgan fingerprint density at radius 2 is 1.66 bits per heavy atom. The number of nitrogens with zero attached hydrogens (tertiary/aromatic N) is 6. The summed E-state index contributed by atoms with van der Waals surface area (Å²) < 4.78 is 44.1. The zero-order valence-corrected chi connectivity index (χ0v) is 32.5. The summed E-state index contributed by atoms with van der Waals surface area (Å²) in [4.78, 5) is 63.9. The first kappa shape index (κ1) is 37.5. The number of likely N-dealkylation sites (tertiary alicyclic amines) is 1. The largest absolute Gasteiger partial charge is 0.474 e. The molecule has 4 aliphatic heterocycles. The Kier molecular flexibility index (Phi) is 9.01. The molecule has 2 aromatic carbocycles. The molecule has 3 saturated heterocycles. The van der Waals surface area contributed by atoms with Gasteiger partial charge in [0.1, 0.15) is 12.1 Å². The molecular formula is C44H43F2N7O6. The zero-order chi connectivity index (χ0) is 40.6. The van der Waals surface area contributed by atoms with Crippen LogP contribution >= 0.6 is 0 Å². The smallest absolute Gasteiger partial charge is 0.262 e. The molecule has 304 valence electrons. The van der Waals surface area contributed by atoms with E-state index in [1.165, 1.54) is 0 Å². The molecule has 1 saturated carbocycles. The van der Waals surface area contributed by atoms with E-state index in [1.807, 2.05) is 30.6 Å². The summed E-state index contributed by atoms with van der Waals surface area (Å²) in [7, 11) is 2.06. The van der Waals surface area contributed by atoms with E-state index in [0.29, 0.717) is 44.9 Å². The summed E-state index contributed by atoms with van der Waals surface area (Å²) in [6.45, 7) is 2.45. The van der Waals surface area contributed by atoms with Crippen LogP contribution in [0.15, 0.2) is 73.2 Å². The number of pyridine rings is 2. The summed E-state index contributed by atoms with van der Waals surface area (Å²) in [6, 6.07) is 16.3. The Labute approximate surface area is 338 Å². The van der Waals surface area contributed by atoms with Gasteiger partial charge in [-0.15, -0.1) is 0 Å². The summed E-state index contributed by atoms with van der Waals surface area (Å²) >= 11 is 0. The van der Waals surface area contributed by atoms with Crippen molar-refractivity contribution in [3.63, 3.8) is 0 Å². The number of benzene rings is 2. The number of ether oxygens (including phenoxy) is 2. The van der Waals surface area contributed by atoms with E-state index in [4.69, 9.17) is 9.47 Å². The molecule has 1 unspecified atom stereocenters. The third kappa shape index (κ3) is 6.79. The lowest BCUT2D eigenvalue weighted by Crippen LogP contribution is -2.73. The average Bonchev–Trinajstić information content (AvgIpc) is 3.60. The number of fused-ring (bicyclic) bond motifs is 4. The second-order valence-corrected chi connectivity index (χ2v) is 16.9. The van der Waals surface area contributed by atoms with Crippen LogP contribution in [0.25, 0.3) is 32.9 Å². The van der Waals surface area contributed by atoms with Crippen molar-refractivity contribution in [1.29, 1.82) is 0 Å². The summed E-state index contributed by atoms with van der Waals surface area (Å²) in [6.07, 6.45) is 7.06. The summed E-state index contributed by atoms with van der Waals surface area (Å²) in [5.74, 6) is -4.44. The molecule has 5 aromatic rings. The number of alkyl halides is 2. The number of amides is 4. The Bertz CT molecular complexity index is 2520. The van der Waals surface area contributed by atoms with Gasteiger partial charge in [0.25, 0.3) is 17.7 Å². The van der Waals surface area contributed by atoms with Crippen LogP contribution in [0.3, 0.4) is 0 Å². The standard InChI is InChI=1S/C44H43F2N7O6/c1-50-35-11-13-47-20-34(35)31-6-3-26(15-37(31)50)27-4-10-39(48-19-27)59-30-17-29(18-30)58-14-2-12-44(45,46)25-51-21-43(22-51)23-52(24-43)28-5-7-32-33(16-28)42(57)53(41(32)56)36-8-9-38(54)49-40(36)55/h3-7,10-11,13,15-16,19-20,29-30,36H,2,8-9,12,14,17-18,21-25H2,1H3,(H,49,54,55)/t29-,30-,36?. The van der Waals surface area contributed by atoms with Gasteiger partial charge in [0.2, 0.25) is 17.7 Å². The second-order valence-electron chi connectivity index (χ2n) is 16.9. The zero-order valence-electron chi connectivity index (χ0n) is 32.5. The number of halogens is 2. The highest BCUT2D eigenvalue weighted by atomic mass is 19.3. The Morgan fingerprint density at radius 1 is 0.864 bits per heavy atom. The fraction of sp³-hybridized carbons (Fsp3) is 0.409. The number of nitrogens with one attached hydrogen (secondary N) is 1. The molecule has 59 heavy (non-hydrogen) atoms. The van der Waals surface area contributed by atoms with Gasteiger partial charge in [-0.25, -0.2) is 13.8 Å². The van der Waals surface area contributed by atoms with E-state index >= 15 is 0 Å². The lowest BCUT2D eigenvalue weighted by Gasteiger charge is -2.61. The summed E-state index contributed by atoms with van der Waals surface area (Å²) in [5, 5.41) is 4.49. The van der Waals surface area contributed by atoms with Crippen molar-refractivity contribution in [2.45, 2.75) is 62.7 Å². The first-order chi connectivity index (χ1) is 28.4. The molecule has 0 radical (unpaired) electrons. The highest BCUT2D eigenvalue weighted by Crippen LogP contribution is 2.44. The van der Waals surface area contributed by atoms with Crippen LogP contribution < -0.4 is 15.0 Å². The van der Waals surface area contributed by atoms with Crippen molar-refractivity contribution in [1.82, 2.24) is 29.7 Å². The molecular weight excluding hydrogens is 761 g/mol. The number of piperidine rings is 1. The van der Waals surface area contributed by atoms with E-state index < -0.39 is 35.6 Å². The number of carbonyl (C=O) groups excluding carboxylic acids is 4. The molecule has 3 aromatic heterocycles. The lowest BCUT2D eigenvalue weighted by atomic mass is 9.72. The van der Waals surface area contributed by atoms with Gasteiger partial charge in [-0.2, -0.15) is 0 Å².